The number of hydrogen-bond donors (Lipinski definition) is 3. The number of rotatable bonds is 11. The Morgan fingerprint density at radius 3 is 2.58 bits per heavy atom. The van der Waals surface area contributed by atoms with E-state index in [2.05, 4.69) is 15.6 Å². The van der Waals surface area contributed by atoms with E-state index in [-0.39, 0.29) is 31.2 Å². The molecule has 0 unspecified atom stereocenters. The Morgan fingerprint density at radius 2 is 1.80 bits per heavy atom. The number of carbonyl (C=O) groups is 3. The molecule has 5 rings (SSSR count). The summed E-state index contributed by atoms with van der Waals surface area (Å²) in [7, 11) is 1.61. The number of Topliss-reactive ketones (excluding diaryl/α,β-unsaturated/α-hetero) is 1. The Bertz CT molecular complexity index is 1690. The Labute approximate surface area is 234 Å². The number of nitrogens with zero attached hydrogens (tertiary/aromatic N) is 2. The number of methoxy groups -OCH3 is 1. The van der Waals surface area contributed by atoms with Gasteiger partial charge >= 0.3 is 0 Å². The third-order valence-electron chi connectivity index (χ3n) is 6.29. The van der Waals surface area contributed by atoms with E-state index in [0.29, 0.717) is 27.6 Å². The maximum Gasteiger partial charge on any atom is 0.268 e. The van der Waals surface area contributed by atoms with Crippen LogP contribution in [0, 0.1) is 0 Å². The van der Waals surface area contributed by atoms with Crippen LogP contribution in [0.1, 0.15) is 26.5 Å². The first-order valence-electron chi connectivity index (χ1n) is 12.6. The van der Waals surface area contributed by atoms with Gasteiger partial charge in [0.05, 0.1) is 29.6 Å². The molecule has 0 saturated heterocycles. The van der Waals surface area contributed by atoms with Crippen molar-refractivity contribution in [3.63, 3.8) is 0 Å². The highest BCUT2D eigenvalue weighted by molar-refractivity contribution is 7.17. The molecule has 5 aromatic rings. The Kier molecular flexibility index (Phi) is 7.88. The van der Waals surface area contributed by atoms with Crippen molar-refractivity contribution >= 4 is 51.6 Å². The number of imidazole rings is 1. The summed E-state index contributed by atoms with van der Waals surface area (Å²) in [5.41, 5.74) is 9.00. The van der Waals surface area contributed by atoms with Gasteiger partial charge in [-0.1, -0.05) is 42.5 Å². The minimum Gasteiger partial charge on any atom is -0.497 e. The zero-order valence-corrected chi connectivity index (χ0v) is 22.5. The second-order valence-corrected chi connectivity index (χ2v) is 10.1. The monoisotopic (exact) mass is 553 g/mol. The van der Waals surface area contributed by atoms with E-state index in [4.69, 9.17) is 10.5 Å². The number of hydrogen-bond acceptors (Lipinski definition) is 7. The number of nitrogens with two attached hydrogens (primary N) is 1. The molecular formula is C30H27N5O4S. The quantitative estimate of drug-likeness (QED) is 0.193. The lowest BCUT2D eigenvalue weighted by molar-refractivity contribution is -0.118. The fourth-order valence-corrected chi connectivity index (χ4v) is 5.14. The molecule has 202 valence electrons. The number of benzene rings is 3. The molecule has 2 aromatic heterocycles. The topological polar surface area (TPSA) is 128 Å². The first-order chi connectivity index (χ1) is 19.4. The largest absolute Gasteiger partial charge is 0.497 e. The highest BCUT2D eigenvalue weighted by Gasteiger charge is 2.18. The number of thiophene rings is 1. The van der Waals surface area contributed by atoms with Crippen LogP contribution in [0.3, 0.4) is 0 Å². The fraction of sp³-hybridized carbons (Fsp3) is 0.133. The van der Waals surface area contributed by atoms with Gasteiger partial charge in [0.15, 0.2) is 5.78 Å². The molecule has 0 radical (unpaired) electrons. The molecule has 10 heteroatoms. The van der Waals surface area contributed by atoms with Crippen molar-refractivity contribution in [2.75, 3.05) is 24.3 Å². The fourth-order valence-electron chi connectivity index (χ4n) is 4.25. The minimum atomic E-state index is -0.460. The second kappa shape index (κ2) is 11.8. The van der Waals surface area contributed by atoms with Crippen LogP contribution in [-0.2, 0) is 11.3 Å². The lowest BCUT2D eigenvalue weighted by Crippen LogP contribution is -2.18. The summed E-state index contributed by atoms with van der Waals surface area (Å²) in [6, 6.07) is 25.8. The van der Waals surface area contributed by atoms with Crippen molar-refractivity contribution < 1.29 is 19.1 Å². The van der Waals surface area contributed by atoms with E-state index in [0.717, 1.165) is 21.7 Å². The number of ketones is 1. The molecule has 9 nitrogen and oxygen atoms in total. The van der Waals surface area contributed by atoms with Crippen LogP contribution < -0.4 is 21.1 Å². The smallest absolute Gasteiger partial charge is 0.268 e. The Balaban J connectivity index is 1.37. The van der Waals surface area contributed by atoms with Gasteiger partial charge in [0.2, 0.25) is 11.9 Å². The summed E-state index contributed by atoms with van der Waals surface area (Å²) in [6.45, 7) is 0.371. The third-order valence-corrected chi connectivity index (χ3v) is 7.42. The number of amides is 2. The molecule has 40 heavy (non-hydrogen) atoms. The Hall–Kier alpha value is -4.96. The van der Waals surface area contributed by atoms with Crippen LogP contribution in [0.5, 0.6) is 5.75 Å². The number of carbonyl (C=O) groups excluding carboxylic acids is 3. The van der Waals surface area contributed by atoms with E-state index in [1.807, 2.05) is 60.7 Å². The van der Waals surface area contributed by atoms with E-state index >= 15 is 0 Å². The summed E-state index contributed by atoms with van der Waals surface area (Å²) >= 11 is 1.35. The molecule has 2 heterocycles. The molecule has 4 N–H and O–H groups in total. The second-order valence-electron chi connectivity index (χ2n) is 9.00. The number of aryl methyl sites for hydroxylation is 1. The van der Waals surface area contributed by atoms with Gasteiger partial charge in [-0.3, -0.25) is 19.7 Å². The van der Waals surface area contributed by atoms with Crippen LogP contribution >= 0.6 is 11.3 Å². The van der Waals surface area contributed by atoms with E-state index < -0.39 is 5.91 Å². The van der Waals surface area contributed by atoms with Gasteiger partial charge in [-0.25, -0.2) is 4.98 Å². The number of fused-ring (bicyclic) bond motifs is 1. The van der Waals surface area contributed by atoms with Gasteiger partial charge in [0, 0.05) is 29.1 Å². The molecule has 0 atom stereocenters. The van der Waals surface area contributed by atoms with Crippen LogP contribution in [0.15, 0.2) is 84.9 Å². The molecule has 0 fully saturated rings. The lowest BCUT2D eigenvalue weighted by Gasteiger charge is -2.09. The van der Waals surface area contributed by atoms with E-state index in [1.165, 1.54) is 11.3 Å². The van der Waals surface area contributed by atoms with Gasteiger partial charge in [-0.15, -0.1) is 11.3 Å². The van der Waals surface area contributed by atoms with Crippen LogP contribution in [0.2, 0.25) is 0 Å². The molecule has 0 saturated carbocycles. The molecular weight excluding hydrogens is 526 g/mol. The predicted molar refractivity (Wildman–Crippen MR) is 157 cm³/mol. The highest BCUT2D eigenvalue weighted by Crippen LogP contribution is 2.31. The van der Waals surface area contributed by atoms with Gasteiger partial charge in [-0.2, -0.15) is 0 Å². The molecule has 0 aliphatic heterocycles. The molecule has 0 spiro atoms. The lowest BCUT2D eigenvalue weighted by atomic mass is 10.1. The third kappa shape index (κ3) is 6.02. The van der Waals surface area contributed by atoms with Crippen LogP contribution in [-0.4, -0.2) is 40.8 Å². The first kappa shape index (κ1) is 26.6. The molecule has 0 aliphatic carbocycles. The summed E-state index contributed by atoms with van der Waals surface area (Å²) in [5.74, 6) is 0.220. The zero-order chi connectivity index (χ0) is 28.1. The number of primary amides is 1. The molecule has 0 bridgehead atoms. The maximum absolute atomic E-state index is 13.2. The van der Waals surface area contributed by atoms with Crippen molar-refractivity contribution in [2.24, 2.45) is 5.73 Å². The summed E-state index contributed by atoms with van der Waals surface area (Å²) in [4.78, 5) is 43.3. The number of ether oxygens (including phenoxy) is 1. The van der Waals surface area contributed by atoms with Crippen molar-refractivity contribution in [3.8, 4) is 16.2 Å². The minimum absolute atomic E-state index is 0.0371. The van der Waals surface area contributed by atoms with Gasteiger partial charge in [0.1, 0.15) is 5.75 Å². The summed E-state index contributed by atoms with van der Waals surface area (Å²) in [5, 5.41) is 6.03. The van der Waals surface area contributed by atoms with Gasteiger partial charge in [0.25, 0.3) is 5.91 Å². The number of aromatic nitrogens is 2. The normalized spacial score (nSPS) is 10.8. The van der Waals surface area contributed by atoms with Crippen molar-refractivity contribution in [1.29, 1.82) is 0 Å². The van der Waals surface area contributed by atoms with E-state index in [9.17, 15) is 14.4 Å². The Morgan fingerprint density at radius 1 is 0.975 bits per heavy atom. The zero-order valence-electron chi connectivity index (χ0n) is 21.7. The number of anilines is 2. The summed E-state index contributed by atoms with van der Waals surface area (Å²) < 4.78 is 7.06. The average Bonchev–Trinajstić information content (AvgIpc) is 3.60. The maximum atomic E-state index is 13.2. The van der Waals surface area contributed by atoms with Crippen LogP contribution in [0.4, 0.5) is 11.6 Å². The van der Waals surface area contributed by atoms with Crippen molar-refractivity contribution in [1.82, 2.24) is 9.55 Å². The van der Waals surface area contributed by atoms with E-state index in [1.54, 1.807) is 35.9 Å². The van der Waals surface area contributed by atoms with Crippen molar-refractivity contribution in [2.45, 2.75) is 13.0 Å². The standard InChI is InChI=1S/C30H27N5O4S/c1-39-22-9-5-8-20(16-22)26-12-13-27(40-26)29(38)34-30-33-23-17-21(10-11-24(23)35(30)15-14-28(31)37)32-18-25(36)19-6-3-2-4-7-19/h2-13,16-17,32H,14-15,18H2,1H3,(H2,31,37)(H,33,34,38). The summed E-state index contributed by atoms with van der Waals surface area (Å²) in [6.07, 6.45) is 0.0822. The molecule has 2 amide bonds. The number of nitrogens with one attached hydrogen (secondary N) is 2. The average molecular weight is 554 g/mol. The van der Waals surface area contributed by atoms with Crippen LogP contribution in [0.25, 0.3) is 21.5 Å². The van der Waals surface area contributed by atoms with Gasteiger partial charge in [-0.05, 0) is 48.0 Å². The highest BCUT2D eigenvalue weighted by atomic mass is 32.1. The van der Waals surface area contributed by atoms with Crippen molar-refractivity contribution in [3.05, 3.63) is 95.4 Å². The van der Waals surface area contributed by atoms with Gasteiger partial charge < -0.3 is 20.4 Å². The molecule has 3 aromatic carbocycles. The molecule has 0 aliphatic rings. The predicted octanol–water partition coefficient (Wildman–Crippen LogP) is 5.20. The first-order valence-corrected chi connectivity index (χ1v) is 13.4. The SMILES string of the molecule is COc1cccc(-c2ccc(C(=O)Nc3nc4cc(NCC(=O)c5ccccc5)ccc4n3CCC(N)=O)s2)c1.